The molecule has 15 heavy (non-hydrogen) atoms. The van der Waals surface area contributed by atoms with Crippen LogP contribution in [0.5, 0.6) is 5.75 Å². The van der Waals surface area contributed by atoms with Gasteiger partial charge in [-0.3, -0.25) is 4.39 Å². The monoisotopic (exact) mass is 206 g/mol. The highest BCUT2D eigenvalue weighted by molar-refractivity contribution is 5.49. The largest absolute Gasteiger partial charge is 0.494 e. The highest BCUT2D eigenvalue weighted by Gasteiger charge is 2.12. The summed E-state index contributed by atoms with van der Waals surface area (Å²) in [6, 6.07) is 7.11. The highest BCUT2D eigenvalue weighted by Crippen LogP contribution is 2.24. The fourth-order valence-electron chi connectivity index (χ4n) is 1.30. The van der Waals surface area contributed by atoms with Gasteiger partial charge >= 0.3 is 0 Å². The molecule has 1 radical (unpaired) electrons. The first-order valence-corrected chi connectivity index (χ1v) is 4.78. The predicted molar refractivity (Wildman–Crippen MR) is 56.3 cm³/mol. The van der Waals surface area contributed by atoms with E-state index in [9.17, 15) is 4.39 Å². The smallest absolute Gasteiger partial charge is 0.119 e. The fraction of sp³-hybridized carbons (Fsp3) is 0.333. The van der Waals surface area contributed by atoms with Gasteiger partial charge in [-0.05, 0) is 30.7 Å². The lowest BCUT2D eigenvalue weighted by Crippen LogP contribution is -2.01. The summed E-state index contributed by atoms with van der Waals surface area (Å²) in [5, 5.41) is 8.86. The maximum atomic E-state index is 12.5. The van der Waals surface area contributed by atoms with E-state index in [0.717, 1.165) is 0 Å². The van der Waals surface area contributed by atoms with E-state index in [2.05, 4.69) is 0 Å². The molecule has 79 valence electrons. The Morgan fingerprint density at radius 1 is 1.53 bits per heavy atom. The number of rotatable bonds is 4. The van der Waals surface area contributed by atoms with Crippen LogP contribution in [0.3, 0.4) is 0 Å². The van der Waals surface area contributed by atoms with E-state index in [-0.39, 0.29) is 0 Å². The third kappa shape index (κ3) is 2.69. The van der Waals surface area contributed by atoms with E-state index in [1.54, 1.807) is 25.1 Å². The van der Waals surface area contributed by atoms with Crippen molar-refractivity contribution in [2.24, 2.45) is 0 Å². The first kappa shape index (κ1) is 11.5. The summed E-state index contributed by atoms with van der Waals surface area (Å²) >= 11 is 0. The minimum atomic E-state index is -0.551. The number of alkyl halides is 1. The van der Waals surface area contributed by atoms with Gasteiger partial charge in [-0.1, -0.05) is 6.92 Å². The molecule has 0 saturated carbocycles. The van der Waals surface area contributed by atoms with Crippen LogP contribution in [0.4, 0.5) is 4.39 Å². The summed E-state index contributed by atoms with van der Waals surface area (Å²) in [7, 11) is 0. The summed E-state index contributed by atoms with van der Waals surface area (Å²) in [6.45, 7) is 3.56. The van der Waals surface area contributed by atoms with Gasteiger partial charge in [0.2, 0.25) is 0 Å². The lowest BCUT2D eigenvalue weighted by Gasteiger charge is -2.11. The summed E-state index contributed by atoms with van der Waals surface area (Å²) in [4.78, 5) is 0. The molecule has 0 heterocycles. The summed E-state index contributed by atoms with van der Waals surface area (Å²) < 4.78 is 17.8. The van der Waals surface area contributed by atoms with Crippen molar-refractivity contribution in [2.45, 2.75) is 13.8 Å². The molecule has 0 aliphatic heterocycles. The Balaban J connectivity index is 3.08. The Labute approximate surface area is 89.3 Å². The molecule has 0 spiro atoms. The zero-order valence-electron chi connectivity index (χ0n) is 8.88. The van der Waals surface area contributed by atoms with Crippen molar-refractivity contribution in [3.63, 3.8) is 0 Å². The molecule has 0 amide bonds. The quantitative estimate of drug-likeness (QED) is 0.758. The molecule has 0 atom stereocenters. The van der Waals surface area contributed by atoms with Crippen LogP contribution in [0.15, 0.2) is 18.2 Å². The van der Waals surface area contributed by atoms with Crippen molar-refractivity contribution < 1.29 is 9.13 Å². The number of nitrogens with zero attached hydrogens (tertiary/aromatic N) is 1. The molecule has 0 bridgehead atoms. The third-order valence-electron chi connectivity index (χ3n) is 2.08. The maximum Gasteiger partial charge on any atom is 0.119 e. The number of hydrogen-bond donors (Lipinski definition) is 0. The van der Waals surface area contributed by atoms with Crippen molar-refractivity contribution in [3.05, 3.63) is 35.2 Å². The molecular formula is C12H13FNO. The second-order valence-corrected chi connectivity index (χ2v) is 3.17. The van der Waals surface area contributed by atoms with Gasteiger partial charge < -0.3 is 4.74 Å². The van der Waals surface area contributed by atoms with E-state index < -0.39 is 6.67 Å². The molecule has 3 heteroatoms. The number of benzene rings is 1. The molecule has 1 aromatic rings. The Kier molecular flexibility index (Phi) is 4.11. The Morgan fingerprint density at radius 2 is 2.27 bits per heavy atom. The van der Waals surface area contributed by atoms with Gasteiger partial charge in [-0.15, -0.1) is 0 Å². The van der Waals surface area contributed by atoms with E-state index in [1.165, 1.54) is 0 Å². The van der Waals surface area contributed by atoms with E-state index in [4.69, 9.17) is 10.00 Å². The van der Waals surface area contributed by atoms with Crippen LogP contribution >= 0.6 is 0 Å². The zero-order chi connectivity index (χ0) is 11.3. The molecule has 2 nitrogen and oxygen atoms in total. The first-order valence-electron chi connectivity index (χ1n) is 4.78. The van der Waals surface area contributed by atoms with Crippen molar-refractivity contribution >= 4 is 0 Å². The minimum absolute atomic E-state index is 0.480. The van der Waals surface area contributed by atoms with Crippen LogP contribution in [0.2, 0.25) is 0 Å². The van der Waals surface area contributed by atoms with Gasteiger partial charge in [-0.2, -0.15) is 5.26 Å². The van der Waals surface area contributed by atoms with Gasteiger partial charge in [-0.25, -0.2) is 0 Å². The lowest BCUT2D eigenvalue weighted by atomic mass is 9.97. The van der Waals surface area contributed by atoms with Crippen molar-refractivity contribution in [2.75, 3.05) is 13.3 Å². The molecule has 0 aliphatic carbocycles. The number of halogens is 1. The number of hydrogen-bond acceptors (Lipinski definition) is 2. The second-order valence-electron chi connectivity index (χ2n) is 3.17. The summed E-state index contributed by atoms with van der Waals surface area (Å²) in [5.41, 5.74) is 1.11. The molecule has 0 aliphatic rings. The summed E-state index contributed by atoms with van der Waals surface area (Å²) in [5.74, 6) is 1.22. The van der Waals surface area contributed by atoms with Crippen LogP contribution in [0.1, 0.15) is 25.0 Å². The third-order valence-corrected chi connectivity index (χ3v) is 2.08. The van der Waals surface area contributed by atoms with Crippen molar-refractivity contribution in [1.29, 1.82) is 5.26 Å². The standard InChI is InChI=1S/C12H13FNO/c1-3-15-11-5-4-10(8-14)12(6-11)9(2)7-13/h4-6H,3,7H2,1-2H3. The molecule has 1 aromatic carbocycles. The predicted octanol–water partition coefficient (Wildman–Crippen LogP) is 2.87. The van der Waals surface area contributed by atoms with Gasteiger partial charge in [0.1, 0.15) is 5.75 Å². The Morgan fingerprint density at radius 3 is 2.80 bits per heavy atom. The number of nitriles is 1. The summed E-state index contributed by atoms with van der Waals surface area (Å²) in [6.07, 6.45) is 0. The lowest BCUT2D eigenvalue weighted by molar-refractivity contribution is 0.340. The van der Waals surface area contributed by atoms with Gasteiger partial charge in [0, 0.05) is 5.92 Å². The fourth-order valence-corrected chi connectivity index (χ4v) is 1.30. The second kappa shape index (κ2) is 5.35. The van der Waals surface area contributed by atoms with Gasteiger partial charge in [0.05, 0.1) is 24.9 Å². The molecule has 0 unspecified atom stereocenters. The Hall–Kier alpha value is -1.56. The molecule has 0 N–H and O–H groups in total. The zero-order valence-corrected chi connectivity index (χ0v) is 8.88. The SMILES string of the molecule is CCOc1ccc(C#N)c([C](C)CF)c1. The van der Waals surface area contributed by atoms with Crippen molar-refractivity contribution in [3.8, 4) is 11.8 Å². The molecule has 0 aromatic heterocycles. The topological polar surface area (TPSA) is 33.0 Å². The number of ether oxygens (including phenoxy) is 1. The van der Waals surface area contributed by atoms with Crippen LogP contribution < -0.4 is 4.74 Å². The van der Waals surface area contributed by atoms with Crippen LogP contribution in [0.25, 0.3) is 0 Å². The maximum absolute atomic E-state index is 12.5. The van der Waals surface area contributed by atoms with Crippen LogP contribution in [-0.2, 0) is 0 Å². The highest BCUT2D eigenvalue weighted by atomic mass is 19.1. The molecule has 0 saturated heterocycles. The van der Waals surface area contributed by atoms with Gasteiger partial charge in [0.25, 0.3) is 0 Å². The normalized spacial score (nSPS) is 10.1. The minimum Gasteiger partial charge on any atom is -0.494 e. The van der Waals surface area contributed by atoms with E-state index >= 15 is 0 Å². The molecule has 1 rings (SSSR count). The van der Waals surface area contributed by atoms with E-state index in [1.807, 2.05) is 13.0 Å². The van der Waals surface area contributed by atoms with Gasteiger partial charge in [0.15, 0.2) is 0 Å². The average molecular weight is 206 g/mol. The van der Waals surface area contributed by atoms with Crippen molar-refractivity contribution in [1.82, 2.24) is 0 Å². The average Bonchev–Trinajstić information content (AvgIpc) is 2.28. The Bertz CT molecular complexity index is 370. The first-order chi connectivity index (χ1) is 7.22. The van der Waals surface area contributed by atoms with Crippen LogP contribution in [-0.4, -0.2) is 13.3 Å². The van der Waals surface area contributed by atoms with E-state index in [0.29, 0.717) is 29.4 Å². The molecular weight excluding hydrogens is 193 g/mol. The van der Waals surface area contributed by atoms with Crippen LogP contribution in [0, 0.1) is 17.2 Å². The molecule has 0 fully saturated rings.